The Bertz CT molecular complexity index is 521. The lowest BCUT2D eigenvalue weighted by Gasteiger charge is -2.27. The molecule has 1 aromatic heterocycles. The van der Waals surface area contributed by atoms with Crippen molar-refractivity contribution in [1.82, 2.24) is 9.88 Å². The fourth-order valence-electron chi connectivity index (χ4n) is 3.03. The number of carbonyl (C=O) groups is 1. The van der Waals surface area contributed by atoms with Gasteiger partial charge in [-0.3, -0.25) is 9.59 Å². The molecule has 3 rings (SSSR count). The van der Waals surface area contributed by atoms with Crippen molar-refractivity contribution in [1.29, 1.82) is 0 Å². The number of carbonyl (C=O) groups excluding carboxylic acids is 1. The summed E-state index contributed by atoms with van der Waals surface area (Å²) < 4.78 is 11.3. The molecule has 2 fully saturated rings. The molecule has 1 amide bonds. The van der Waals surface area contributed by atoms with Gasteiger partial charge in [0.15, 0.2) is 0 Å². The van der Waals surface area contributed by atoms with Crippen molar-refractivity contribution in [2.75, 3.05) is 26.3 Å². The maximum atomic E-state index is 12.7. The highest BCUT2D eigenvalue weighted by Crippen LogP contribution is 2.18. The van der Waals surface area contributed by atoms with Crippen LogP contribution in [-0.2, 0) is 9.47 Å². The number of nitrogens with zero attached hydrogens (tertiary/aromatic N) is 1. The van der Waals surface area contributed by atoms with Crippen molar-refractivity contribution in [3.05, 3.63) is 34.2 Å². The fraction of sp³-hybridized carbons (Fsp3) is 0.625. The number of hydrogen-bond acceptors (Lipinski definition) is 4. The third kappa shape index (κ3) is 3.75. The first-order valence-electron chi connectivity index (χ1n) is 7.93. The Morgan fingerprint density at radius 3 is 2.23 bits per heavy atom. The highest BCUT2D eigenvalue weighted by Gasteiger charge is 2.27. The van der Waals surface area contributed by atoms with Crippen LogP contribution < -0.4 is 5.56 Å². The summed E-state index contributed by atoms with van der Waals surface area (Å²) in [6.45, 7) is 2.70. The zero-order valence-electron chi connectivity index (χ0n) is 12.6. The van der Waals surface area contributed by atoms with Crippen molar-refractivity contribution >= 4 is 5.91 Å². The van der Waals surface area contributed by atoms with E-state index in [1.807, 2.05) is 0 Å². The molecule has 2 atom stereocenters. The topological polar surface area (TPSA) is 71.6 Å². The SMILES string of the molecule is O=C(c1ccc(=O)[nH]c1)N(C[C@H]1CCCO1)C[C@@H]1CCCO1. The minimum absolute atomic E-state index is 0.0812. The molecule has 0 aromatic carbocycles. The van der Waals surface area contributed by atoms with Crippen LogP contribution in [0, 0.1) is 0 Å². The minimum atomic E-state index is -0.207. The average Bonchev–Trinajstić information content (AvgIpc) is 3.20. The van der Waals surface area contributed by atoms with Crippen LogP contribution in [0.4, 0.5) is 0 Å². The second kappa shape index (κ2) is 7.07. The number of pyridine rings is 1. The summed E-state index contributed by atoms with van der Waals surface area (Å²) in [4.78, 5) is 28.2. The number of aromatic amines is 1. The summed E-state index contributed by atoms with van der Waals surface area (Å²) in [5.74, 6) is -0.0812. The average molecular weight is 306 g/mol. The molecule has 1 aromatic rings. The highest BCUT2D eigenvalue weighted by molar-refractivity contribution is 5.93. The predicted octanol–water partition coefficient (Wildman–Crippen LogP) is 1.18. The van der Waals surface area contributed by atoms with E-state index in [2.05, 4.69) is 4.98 Å². The van der Waals surface area contributed by atoms with Crippen LogP contribution in [0.25, 0.3) is 0 Å². The molecule has 0 radical (unpaired) electrons. The number of H-pyrrole nitrogens is 1. The number of aromatic nitrogens is 1. The third-order valence-electron chi connectivity index (χ3n) is 4.21. The Morgan fingerprint density at radius 1 is 1.14 bits per heavy atom. The molecule has 0 unspecified atom stereocenters. The van der Waals surface area contributed by atoms with E-state index in [4.69, 9.17) is 9.47 Å². The molecule has 0 saturated carbocycles. The summed E-state index contributed by atoms with van der Waals surface area (Å²) >= 11 is 0. The number of ether oxygens (including phenoxy) is 2. The zero-order valence-corrected chi connectivity index (χ0v) is 12.6. The van der Waals surface area contributed by atoms with Gasteiger partial charge in [0.1, 0.15) is 0 Å². The first-order chi connectivity index (χ1) is 10.7. The van der Waals surface area contributed by atoms with Gasteiger partial charge in [0, 0.05) is 38.6 Å². The van der Waals surface area contributed by atoms with E-state index >= 15 is 0 Å². The monoisotopic (exact) mass is 306 g/mol. The van der Waals surface area contributed by atoms with E-state index in [1.165, 1.54) is 12.3 Å². The first kappa shape index (κ1) is 15.2. The van der Waals surface area contributed by atoms with Gasteiger partial charge in [-0.05, 0) is 31.7 Å². The van der Waals surface area contributed by atoms with E-state index in [9.17, 15) is 9.59 Å². The standard InChI is InChI=1S/C16H22N2O4/c19-15-6-5-12(9-17-15)16(20)18(10-13-3-1-7-21-13)11-14-4-2-8-22-14/h5-6,9,13-14H,1-4,7-8,10-11H2,(H,17,19)/t13-,14+. The largest absolute Gasteiger partial charge is 0.376 e. The zero-order chi connectivity index (χ0) is 15.4. The Morgan fingerprint density at radius 2 is 1.77 bits per heavy atom. The summed E-state index contributed by atoms with van der Waals surface area (Å²) in [5.41, 5.74) is 0.289. The van der Waals surface area contributed by atoms with Crippen LogP contribution >= 0.6 is 0 Å². The van der Waals surface area contributed by atoms with Gasteiger partial charge in [0.25, 0.3) is 5.91 Å². The molecular formula is C16H22N2O4. The number of amides is 1. The second-order valence-electron chi connectivity index (χ2n) is 5.92. The lowest BCUT2D eigenvalue weighted by atomic mass is 10.1. The molecule has 120 valence electrons. The van der Waals surface area contributed by atoms with Gasteiger partial charge in [0.05, 0.1) is 17.8 Å². The van der Waals surface area contributed by atoms with E-state index in [1.54, 1.807) is 11.0 Å². The quantitative estimate of drug-likeness (QED) is 0.886. The predicted molar refractivity (Wildman–Crippen MR) is 80.9 cm³/mol. The van der Waals surface area contributed by atoms with Crippen molar-refractivity contribution < 1.29 is 14.3 Å². The maximum Gasteiger partial charge on any atom is 0.255 e. The molecular weight excluding hydrogens is 284 g/mol. The molecule has 0 aliphatic carbocycles. The Kier molecular flexibility index (Phi) is 4.90. The van der Waals surface area contributed by atoms with Crippen LogP contribution in [0.15, 0.2) is 23.1 Å². The molecule has 0 bridgehead atoms. The van der Waals surface area contributed by atoms with Crippen LogP contribution in [-0.4, -0.2) is 54.3 Å². The van der Waals surface area contributed by atoms with E-state index < -0.39 is 0 Å². The normalized spacial score (nSPS) is 24.5. The van der Waals surface area contributed by atoms with Gasteiger partial charge in [-0.25, -0.2) is 0 Å². The van der Waals surface area contributed by atoms with E-state index in [0.29, 0.717) is 18.7 Å². The summed E-state index contributed by atoms with van der Waals surface area (Å²) in [6.07, 6.45) is 5.75. The molecule has 2 saturated heterocycles. The lowest BCUT2D eigenvalue weighted by molar-refractivity contribution is 0.0307. The summed E-state index contributed by atoms with van der Waals surface area (Å²) in [7, 11) is 0. The maximum absolute atomic E-state index is 12.7. The van der Waals surface area contributed by atoms with E-state index in [0.717, 1.165) is 38.9 Å². The third-order valence-corrected chi connectivity index (χ3v) is 4.21. The van der Waals surface area contributed by atoms with E-state index in [-0.39, 0.29) is 23.7 Å². The van der Waals surface area contributed by atoms with Crippen LogP contribution in [0.5, 0.6) is 0 Å². The van der Waals surface area contributed by atoms with Crippen molar-refractivity contribution in [2.24, 2.45) is 0 Å². The van der Waals surface area contributed by atoms with Gasteiger partial charge >= 0.3 is 0 Å². The van der Waals surface area contributed by atoms with Crippen LogP contribution in [0.2, 0.25) is 0 Å². The molecule has 6 nitrogen and oxygen atoms in total. The number of rotatable bonds is 5. The first-order valence-corrected chi connectivity index (χ1v) is 7.93. The van der Waals surface area contributed by atoms with Crippen molar-refractivity contribution in [2.45, 2.75) is 37.9 Å². The fourth-order valence-corrected chi connectivity index (χ4v) is 3.03. The van der Waals surface area contributed by atoms with Crippen molar-refractivity contribution in [3.63, 3.8) is 0 Å². The molecule has 2 aliphatic heterocycles. The molecule has 22 heavy (non-hydrogen) atoms. The van der Waals surface area contributed by atoms with Crippen LogP contribution in [0.3, 0.4) is 0 Å². The molecule has 1 N–H and O–H groups in total. The van der Waals surface area contributed by atoms with Gasteiger partial charge in [-0.15, -0.1) is 0 Å². The second-order valence-corrected chi connectivity index (χ2v) is 5.92. The molecule has 6 heteroatoms. The lowest BCUT2D eigenvalue weighted by Crippen LogP contribution is -2.42. The van der Waals surface area contributed by atoms with Gasteiger partial charge < -0.3 is 19.4 Å². The molecule has 0 spiro atoms. The van der Waals surface area contributed by atoms with Gasteiger partial charge in [-0.2, -0.15) is 0 Å². The smallest absolute Gasteiger partial charge is 0.255 e. The summed E-state index contributed by atoms with van der Waals surface area (Å²) in [6, 6.07) is 2.95. The highest BCUT2D eigenvalue weighted by atomic mass is 16.5. The van der Waals surface area contributed by atoms with Gasteiger partial charge in [-0.1, -0.05) is 0 Å². The number of hydrogen-bond donors (Lipinski definition) is 1. The van der Waals surface area contributed by atoms with Gasteiger partial charge in [0.2, 0.25) is 5.56 Å². The van der Waals surface area contributed by atoms with Crippen molar-refractivity contribution in [3.8, 4) is 0 Å². The minimum Gasteiger partial charge on any atom is -0.376 e. The molecule has 3 heterocycles. The summed E-state index contributed by atoms with van der Waals surface area (Å²) in [5, 5.41) is 0. The number of nitrogens with one attached hydrogen (secondary N) is 1. The van der Waals surface area contributed by atoms with Crippen LogP contribution in [0.1, 0.15) is 36.0 Å². The molecule has 2 aliphatic rings. The Labute approximate surface area is 129 Å². The Balaban J connectivity index is 1.71. The Hall–Kier alpha value is -1.66.